The summed E-state index contributed by atoms with van der Waals surface area (Å²) in [5, 5.41) is 76.1. The van der Waals surface area contributed by atoms with Gasteiger partial charge >= 0.3 is 0 Å². The Balaban J connectivity index is 1.68. The van der Waals surface area contributed by atoms with Crippen LogP contribution in [0.25, 0.3) is 0 Å². The van der Waals surface area contributed by atoms with Crippen LogP contribution in [0.5, 0.6) is 0 Å². The first-order chi connectivity index (χ1) is 15.9. The molecule has 0 aliphatic heterocycles. The summed E-state index contributed by atoms with van der Waals surface area (Å²) in [6.07, 6.45) is -0.952. The highest BCUT2D eigenvalue weighted by Gasteiger charge is 2.69. The zero-order chi connectivity index (χ0) is 26.4. The van der Waals surface area contributed by atoms with Crippen LogP contribution in [0.15, 0.2) is 11.6 Å². The number of ketones is 1. The van der Waals surface area contributed by atoms with Gasteiger partial charge in [-0.25, -0.2) is 0 Å². The van der Waals surface area contributed by atoms with E-state index in [1.165, 1.54) is 20.8 Å². The van der Waals surface area contributed by atoms with E-state index in [0.29, 0.717) is 31.3 Å². The van der Waals surface area contributed by atoms with Crippen molar-refractivity contribution < 1.29 is 40.5 Å². The fraction of sp³-hybridized carbons (Fsp3) is 0.889. The average Bonchev–Trinajstić information content (AvgIpc) is 3.00. The summed E-state index contributed by atoms with van der Waals surface area (Å²) < 4.78 is 0. The van der Waals surface area contributed by atoms with Crippen LogP contribution >= 0.6 is 0 Å². The van der Waals surface area contributed by atoms with Crippen molar-refractivity contribution in [3.05, 3.63) is 11.6 Å². The Morgan fingerprint density at radius 2 is 1.66 bits per heavy atom. The molecule has 3 fully saturated rings. The highest BCUT2D eigenvalue weighted by atomic mass is 16.4. The van der Waals surface area contributed by atoms with Gasteiger partial charge in [0.2, 0.25) is 0 Å². The molecule has 0 heterocycles. The van der Waals surface area contributed by atoms with Gasteiger partial charge < -0.3 is 35.7 Å². The fourth-order valence-corrected chi connectivity index (χ4v) is 8.53. The molecule has 4 aliphatic rings. The van der Waals surface area contributed by atoms with E-state index in [0.717, 1.165) is 0 Å². The molecular formula is C27H44O8. The molecule has 0 aromatic carbocycles. The van der Waals surface area contributed by atoms with Gasteiger partial charge in [-0.05, 0) is 88.2 Å². The molecule has 0 saturated heterocycles. The molecule has 4 rings (SSSR count). The molecule has 4 aliphatic carbocycles. The van der Waals surface area contributed by atoms with Crippen LogP contribution in [0, 0.1) is 28.6 Å². The molecule has 4 unspecified atom stereocenters. The van der Waals surface area contributed by atoms with E-state index < -0.39 is 63.9 Å². The van der Waals surface area contributed by atoms with E-state index >= 15 is 0 Å². The summed E-state index contributed by atoms with van der Waals surface area (Å²) in [5.74, 6) is -1.26. The van der Waals surface area contributed by atoms with E-state index in [1.54, 1.807) is 6.08 Å². The zero-order valence-corrected chi connectivity index (χ0v) is 21.6. The first kappa shape index (κ1) is 27.2. The number of carbonyl (C=O) groups excluding carboxylic acids is 1. The molecule has 35 heavy (non-hydrogen) atoms. The van der Waals surface area contributed by atoms with Crippen LogP contribution in [0.4, 0.5) is 0 Å². The molecule has 0 aromatic rings. The van der Waals surface area contributed by atoms with Gasteiger partial charge in [-0.15, -0.1) is 0 Å². The predicted octanol–water partition coefficient (Wildman–Crippen LogP) is 0.825. The number of allylic oxidation sites excluding steroid dienone is 1. The largest absolute Gasteiger partial charge is 0.390 e. The summed E-state index contributed by atoms with van der Waals surface area (Å²) in [6, 6.07) is 0. The minimum atomic E-state index is -1.74. The van der Waals surface area contributed by atoms with Crippen molar-refractivity contribution in [2.45, 2.75) is 121 Å². The van der Waals surface area contributed by atoms with Crippen molar-refractivity contribution in [2.24, 2.45) is 28.6 Å². The number of hydrogen-bond donors (Lipinski definition) is 7. The third-order valence-corrected chi connectivity index (χ3v) is 10.5. The molecule has 0 aromatic heterocycles. The number of hydrogen-bond acceptors (Lipinski definition) is 8. The van der Waals surface area contributed by atoms with Crippen molar-refractivity contribution in [2.75, 3.05) is 0 Å². The first-order valence-electron chi connectivity index (χ1n) is 13.0. The molecule has 0 amide bonds. The Bertz CT molecular complexity index is 892. The molecule has 11 atom stereocenters. The summed E-state index contributed by atoms with van der Waals surface area (Å²) in [4.78, 5) is 13.3. The van der Waals surface area contributed by atoms with Crippen LogP contribution in [0.2, 0.25) is 0 Å². The topological polar surface area (TPSA) is 159 Å². The van der Waals surface area contributed by atoms with Crippen molar-refractivity contribution in [1.82, 2.24) is 0 Å². The second-order valence-electron chi connectivity index (χ2n) is 13.3. The average molecular weight is 497 g/mol. The Hall–Kier alpha value is -0.870. The minimum absolute atomic E-state index is 0.117. The highest BCUT2D eigenvalue weighted by Crippen LogP contribution is 2.68. The van der Waals surface area contributed by atoms with Gasteiger partial charge in [-0.1, -0.05) is 13.8 Å². The SMILES string of the molecule is CC(C)(O)CC(O)C(O)C(C)(O)[C@H]1CC[C@@]2(O)C3=CC(=O)[C@@H]4C[C@@H](O)[C@@H](O)C[C@]4(C)C3CC[C@]12C. The normalized spacial score (nSPS) is 47.1. The van der Waals surface area contributed by atoms with Crippen molar-refractivity contribution >= 4 is 5.78 Å². The van der Waals surface area contributed by atoms with E-state index in [-0.39, 0.29) is 31.0 Å². The molecule has 8 nitrogen and oxygen atoms in total. The summed E-state index contributed by atoms with van der Waals surface area (Å²) in [7, 11) is 0. The first-order valence-corrected chi connectivity index (χ1v) is 13.0. The van der Waals surface area contributed by atoms with Crippen LogP contribution in [0.3, 0.4) is 0 Å². The van der Waals surface area contributed by atoms with Gasteiger partial charge in [0.05, 0.1) is 35.1 Å². The lowest BCUT2D eigenvalue weighted by Crippen LogP contribution is -2.63. The maximum absolute atomic E-state index is 13.3. The Morgan fingerprint density at radius 1 is 1.03 bits per heavy atom. The second-order valence-corrected chi connectivity index (χ2v) is 13.3. The number of aliphatic hydroxyl groups excluding tert-OH is 4. The maximum Gasteiger partial charge on any atom is 0.159 e. The molecule has 8 heteroatoms. The Labute approximate surface area is 207 Å². The van der Waals surface area contributed by atoms with E-state index in [1.807, 2.05) is 13.8 Å². The lowest BCUT2D eigenvalue weighted by molar-refractivity contribution is -0.194. The predicted molar refractivity (Wildman–Crippen MR) is 128 cm³/mol. The third-order valence-electron chi connectivity index (χ3n) is 10.5. The van der Waals surface area contributed by atoms with E-state index in [2.05, 4.69) is 0 Å². The lowest BCUT2D eigenvalue weighted by Gasteiger charge is -2.60. The molecule has 0 bridgehead atoms. The quantitative estimate of drug-likeness (QED) is 0.295. The minimum Gasteiger partial charge on any atom is -0.390 e. The number of carbonyl (C=O) groups is 1. The third kappa shape index (κ3) is 3.95. The Morgan fingerprint density at radius 3 is 2.26 bits per heavy atom. The van der Waals surface area contributed by atoms with Crippen LogP contribution in [-0.2, 0) is 4.79 Å². The number of aliphatic hydroxyl groups is 7. The standard InChI is InChI=1S/C27H44O8/c1-23(2,33)12-20(31)22(32)26(5,34)21-7-9-27(35)15-10-17(28)16-11-18(29)19(30)13-24(16,3)14(15)6-8-25(21,27)4/h10,14,16,18-22,29-35H,6-9,11-13H2,1-5H3/t14?,16-,18+,19-,20?,21-,22?,24+,25+,26?,27+/m0/s1. The molecular weight excluding hydrogens is 452 g/mol. The van der Waals surface area contributed by atoms with Crippen molar-refractivity contribution in [3.63, 3.8) is 0 Å². The molecule has 0 radical (unpaired) electrons. The highest BCUT2D eigenvalue weighted by molar-refractivity contribution is 5.95. The summed E-state index contributed by atoms with van der Waals surface area (Å²) >= 11 is 0. The Kier molecular flexibility index (Phi) is 6.46. The lowest BCUT2D eigenvalue weighted by atomic mass is 9.45. The summed E-state index contributed by atoms with van der Waals surface area (Å²) in [5.41, 5.74) is -5.15. The van der Waals surface area contributed by atoms with Crippen LogP contribution < -0.4 is 0 Å². The maximum atomic E-state index is 13.3. The van der Waals surface area contributed by atoms with Crippen LogP contribution in [-0.4, -0.2) is 82.7 Å². The number of rotatable bonds is 5. The molecule has 7 N–H and O–H groups in total. The number of fused-ring (bicyclic) bond motifs is 5. The second kappa shape index (κ2) is 8.32. The zero-order valence-electron chi connectivity index (χ0n) is 21.6. The summed E-state index contributed by atoms with van der Waals surface area (Å²) in [6.45, 7) is 8.40. The van der Waals surface area contributed by atoms with Gasteiger partial charge in [-0.2, -0.15) is 0 Å². The monoisotopic (exact) mass is 496 g/mol. The molecule has 0 spiro atoms. The van der Waals surface area contributed by atoms with Gasteiger partial charge in [0.1, 0.15) is 6.10 Å². The van der Waals surface area contributed by atoms with Crippen molar-refractivity contribution in [1.29, 1.82) is 0 Å². The van der Waals surface area contributed by atoms with Gasteiger partial charge in [0.15, 0.2) is 5.78 Å². The molecule has 3 saturated carbocycles. The smallest absolute Gasteiger partial charge is 0.159 e. The fourth-order valence-electron chi connectivity index (χ4n) is 8.53. The van der Waals surface area contributed by atoms with Gasteiger partial charge in [0.25, 0.3) is 0 Å². The van der Waals surface area contributed by atoms with Gasteiger partial charge in [-0.3, -0.25) is 4.79 Å². The van der Waals surface area contributed by atoms with Crippen LogP contribution in [0.1, 0.15) is 79.6 Å². The van der Waals surface area contributed by atoms with Crippen molar-refractivity contribution in [3.8, 4) is 0 Å². The van der Waals surface area contributed by atoms with E-state index in [4.69, 9.17) is 0 Å². The molecule has 200 valence electrons. The van der Waals surface area contributed by atoms with E-state index in [9.17, 15) is 40.5 Å². The van der Waals surface area contributed by atoms with Gasteiger partial charge in [0, 0.05) is 17.8 Å².